The molecule has 0 bridgehead atoms. The summed E-state index contributed by atoms with van der Waals surface area (Å²) in [5.74, 6) is 2.37. The summed E-state index contributed by atoms with van der Waals surface area (Å²) < 4.78 is 0. The maximum Gasteiger partial charge on any atom is 0.0417 e. The van der Waals surface area contributed by atoms with Crippen LogP contribution in [0.15, 0.2) is 48.5 Å². The predicted octanol–water partition coefficient (Wildman–Crippen LogP) is 4.12. The van der Waals surface area contributed by atoms with Gasteiger partial charge in [0.2, 0.25) is 0 Å². The van der Waals surface area contributed by atoms with Crippen LogP contribution in [0.25, 0.3) is 0 Å². The first-order valence-corrected chi connectivity index (χ1v) is 9.04. The highest BCUT2D eigenvalue weighted by molar-refractivity contribution is 7.98. The molecule has 4 rings (SSSR count). The number of hydrogen-bond acceptors (Lipinski definition) is 2. The molecule has 0 radical (unpaired) electrons. The summed E-state index contributed by atoms with van der Waals surface area (Å²) in [6, 6.07) is 19.0. The lowest BCUT2D eigenvalue weighted by atomic mass is 9.87. The van der Waals surface area contributed by atoms with E-state index >= 15 is 0 Å². The van der Waals surface area contributed by atoms with Crippen LogP contribution in [0, 0.1) is 0 Å². The van der Waals surface area contributed by atoms with Gasteiger partial charge in [-0.3, -0.25) is 0 Å². The van der Waals surface area contributed by atoms with Crippen molar-refractivity contribution < 1.29 is 0 Å². The van der Waals surface area contributed by atoms with Crippen molar-refractivity contribution in [3.8, 4) is 0 Å². The second-order valence-corrected chi connectivity index (χ2v) is 7.17. The lowest BCUT2D eigenvalue weighted by Gasteiger charge is -2.33. The molecular formula is C19H21NS. The van der Waals surface area contributed by atoms with Gasteiger partial charge in [0.05, 0.1) is 0 Å². The lowest BCUT2D eigenvalue weighted by Crippen LogP contribution is -2.39. The van der Waals surface area contributed by atoms with E-state index in [0.29, 0.717) is 12.1 Å². The number of aryl methyl sites for hydroxylation is 1. The molecule has 1 heterocycles. The van der Waals surface area contributed by atoms with Crippen molar-refractivity contribution in [2.24, 2.45) is 0 Å². The van der Waals surface area contributed by atoms with Gasteiger partial charge in [-0.15, -0.1) is 0 Å². The highest BCUT2D eigenvalue weighted by atomic mass is 32.2. The predicted molar refractivity (Wildman–Crippen MR) is 90.7 cm³/mol. The van der Waals surface area contributed by atoms with Gasteiger partial charge in [-0.25, -0.2) is 0 Å². The summed E-state index contributed by atoms with van der Waals surface area (Å²) in [7, 11) is 0. The Morgan fingerprint density at radius 1 is 0.905 bits per heavy atom. The van der Waals surface area contributed by atoms with Gasteiger partial charge < -0.3 is 5.32 Å². The zero-order valence-electron chi connectivity index (χ0n) is 12.2. The Bertz CT molecular complexity index is 637. The molecule has 1 aliphatic heterocycles. The number of nitrogens with one attached hydrogen (secondary N) is 1. The third kappa shape index (κ3) is 2.75. The van der Waals surface area contributed by atoms with Gasteiger partial charge in [0.25, 0.3) is 0 Å². The molecule has 2 aliphatic rings. The fourth-order valence-electron chi connectivity index (χ4n) is 3.64. The number of hydrogen-bond donors (Lipinski definition) is 1. The van der Waals surface area contributed by atoms with Crippen LogP contribution in [-0.4, -0.2) is 11.8 Å². The molecule has 2 unspecified atom stereocenters. The molecule has 0 spiro atoms. The van der Waals surface area contributed by atoms with Crippen LogP contribution in [0.2, 0.25) is 0 Å². The Morgan fingerprint density at radius 3 is 2.57 bits per heavy atom. The molecular weight excluding hydrogens is 274 g/mol. The Hall–Kier alpha value is -1.25. The first kappa shape index (κ1) is 13.4. The van der Waals surface area contributed by atoms with Crippen molar-refractivity contribution in [2.75, 3.05) is 5.75 Å². The maximum absolute atomic E-state index is 3.93. The van der Waals surface area contributed by atoms with E-state index in [1.54, 1.807) is 5.56 Å². The van der Waals surface area contributed by atoms with Gasteiger partial charge in [0.1, 0.15) is 0 Å². The molecule has 1 N–H and O–H groups in total. The van der Waals surface area contributed by atoms with Crippen molar-refractivity contribution in [1.29, 1.82) is 0 Å². The van der Waals surface area contributed by atoms with Crippen LogP contribution in [-0.2, 0) is 18.6 Å². The maximum atomic E-state index is 3.93. The fraction of sp³-hybridized carbons (Fsp3) is 0.368. The molecule has 0 saturated heterocycles. The van der Waals surface area contributed by atoms with E-state index in [1.165, 1.54) is 47.5 Å². The van der Waals surface area contributed by atoms with Gasteiger partial charge in [0.15, 0.2) is 0 Å². The molecule has 0 aromatic heterocycles. The van der Waals surface area contributed by atoms with Gasteiger partial charge in [-0.05, 0) is 41.5 Å². The van der Waals surface area contributed by atoms with Crippen LogP contribution >= 0.6 is 11.8 Å². The summed E-state index contributed by atoms with van der Waals surface area (Å²) in [6.45, 7) is 0. The second kappa shape index (κ2) is 5.86. The zero-order chi connectivity index (χ0) is 14.1. The summed E-state index contributed by atoms with van der Waals surface area (Å²) in [5, 5.41) is 3.93. The molecule has 108 valence electrons. The summed E-state index contributed by atoms with van der Waals surface area (Å²) in [6.07, 6.45) is 3.66. The van der Waals surface area contributed by atoms with Crippen LogP contribution in [0.1, 0.15) is 34.7 Å². The Labute approximate surface area is 131 Å². The minimum Gasteiger partial charge on any atom is -0.306 e. The molecule has 21 heavy (non-hydrogen) atoms. The van der Waals surface area contributed by atoms with E-state index in [4.69, 9.17) is 0 Å². The van der Waals surface area contributed by atoms with Crippen molar-refractivity contribution in [1.82, 2.24) is 5.32 Å². The molecule has 2 aromatic carbocycles. The number of thioether (sulfide) groups is 1. The third-order valence-corrected chi connectivity index (χ3v) is 5.84. The average Bonchev–Trinajstić information content (AvgIpc) is 2.55. The monoisotopic (exact) mass is 295 g/mol. The van der Waals surface area contributed by atoms with E-state index in [2.05, 4.69) is 65.6 Å². The summed E-state index contributed by atoms with van der Waals surface area (Å²) in [4.78, 5) is 0. The first-order chi connectivity index (χ1) is 10.4. The van der Waals surface area contributed by atoms with E-state index in [0.717, 1.165) is 0 Å². The molecule has 1 nitrogen and oxygen atoms in total. The quantitative estimate of drug-likeness (QED) is 0.894. The molecule has 0 saturated carbocycles. The normalized spacial score (nSPS) is 24.2. The summed E-state index contributed by atoms with van der Waals surface area (Å²) >= 11 is 2.06. The van der Waals surface area contributed by atoms with Gasteiger partial charge in [-0.2, -0.15) is 11.8 Å². The molecule has 1 aliphatic carbocycles. The molecule has 0 amide bonds. The molecule has 2 atom stereocenters. The van der Waals surface area contributed by atoms with Crippen LogP contribution < -0.4 is 5.32 Å². The minimum atomic E-state index is 0.523. The summed E-state index contributed by atoms with van der Waals surface area (Å²) in [5.41, 5.74) is 6.13. The Morgan fingerprint density at radius 2 is 1.67 bits per heavy atom. The van der Waals surface area contributed by atoms with Crippen LogP contribution in [0.3, 0.4) is 0 Å². The topological polar surface area (TPSA) is 12.0 Å². The van der Waals surface area contributed by atoms with Gasteiger partial charge in [-0.1, -0.05) is 48.5 Å². The van der Waals surface area contributed by atoms with Crippen molar-refractivity contribution in [3.05, 3.63) is 70.8 Å². The smallest absolute Gasteiger partial charge is 0.0417 e. The van der Waals surface area contributed by atoms with Gasteiger partial charge in [0, 0.05) is 23.6 Å². The minimum absolute atomic E-state index is 0.523. The third-order valence-electron chi connectivity index (χ3n) is 4.76. The highest BCUT2D eigenvalue weighted by Gasteiger charge is 2.25. The Balaban J connectivity index is 1.51. The molecule has 2 aromatic rings. The molecule has 0 fully saturated rings. The largest absolute Gasteiger partial charge is 0.306 e. The number of rotatable bonds is 2. The van der Waals surface area contributed by atoms with Crippen molar-refractivity contribution >= 4 is 11.8 Å². The Kier molecular flexibility index (Phi) is 3.74. The van der Waals surface area contributed by atoms with E-state index in [9.17, 15) is 0 Å². The molecule has 2 heteroatoms. The standard InChI is InChI=1S/C19H21NS/c1-2-6-15-11-17(10-9-14(15)5-1)20-19-13-21-12-16-7-3-4-8-18(16)19/h1-8,17,19-20H,9-13H2. The van der Waals surface area contributed by atoms with E-state index < -0.39 is 0 Å². The van der Waals surface area contributed by atoms with Crippen molar-refractivity contribution in [3.63, 3.8) is 0 Å². The number of fused-ring (bicyclic) bond motifs is 2. The van der Waals surface area contributed by atoms with Crippen LogP contribution in [0.5, 0.6) is 0 Å². The first-order valence-electron chi connectivity index (χ1n) is 7.88. The van der Waals surface area contributed by atoms with Crippen LogP contribution in [0.4, 0.5) is 0 Å². The van der Waals surface area contributed by atoms with Gasteiger partial charge >= 0.3 is 0 Å². The zero-order valence-corrected chi connectivity index (χ0v) is 13.0. The average molecular weight is 295 g/mol. The fourth-order valence-corrected chi connectivity index (χ4v) is 4.76. The number of benzene rings is 2. The highest BCUT2D eigenvalue weighted by Crippen LogP contribution is 2.33. The van der Waals surface area contributed by atoms with E-state index in [-0.39, 0.29) is 0 Å². The SMILES string of the molecule is c1ccc2c(c1)CCC(NC1CSCc3ccccc31)C2. The van der Waals surface area contributed by atoms with Crippen molar-refractivity contribution in [2.45, 2.75) is 37.1 Å². The second-order valence-electron chi connectivity index (χ2n) is 6.14. The van der Waals surface area contributed by atoms with E-state index in [1.807, 2.05) is 0 Å². The lowest BCUT2D eigenvalue weighted by molar-refractivity contribution is 0.414.